The maximum Gasteiger partial charge on any atom is 0.212 e. The van der Waals surface area contributed by atoms with Crippen molar-refractivity contribution in [2.24, 2.45) is 0 Å². The molecule has 102 valence electrons. The second-order valence-corrected chi connectivity index (χ2v) is 4.55. The summed E-state index contributed by atoms with van der Waals surface area (Å²) in [5.74, 6) is 0.614. The number of nitrogens with zero attached hydrogens (tertiary/aromatic N) is 2. The SMILES string of the molecule is COc1ccc(CNC(C)c2cccc(C#N)c2)cn1. The zero-order chi connectivity index (χ0) is 14.4. The van der Waals surface area contributed by atoms with Crippen LogP contribution in [0.5, 0.6) is 5.88 Å². The molecule has 2 aromatic rings. The molecule has 1 N–H and O–H groups in total. The molecule has 0 aliphatic rings. The van der Waals surface area contributed by atoms with E-state index >= 15 is 0 Å². The number of nitrogens with one attached hydrogen (secondary N) is 1. The van der Waals surface area contributed by atoms with Gasteiger partial charge in [-0.25, -0.2) is 4.98 Å². The van der Waals surface area contributed by atoms with Crippen LogP contribution in [0.2, 0.25) is 0 Å². The minimum absolute atomic E-state index is 0.172. The molecule has 20 heavy (non-hydrogen) atoms. The fourth-order valence-electron chi connectivity index (χ4n) is 1.90. The highest BCUT2D eigenvalue weighted by molar-refractivity contribution is 5.34. The van der Waals surface area contributed by atoms with Crippen molar-refractivity contribution in [2.75, 3.05) is 7.11 Å². The molecule has 1 atom stereocenters. The molecule has 0 fully saturated rings. The maximum atomic E-state index is 8.91. The zero-order valence-corrected chi connectivity index (χ0v) is 11.6. The lowest BCUT2D eigenvalue weighted by Gasteiger charge is -2.14. The van der Waals surface area contributed by atoms with Gasteiger partial charge in [-0.1, -0.05) is 18.2 Å². The van der Waals surface area contributed by atoms with E-state index in [9.17, 15) is 0 Å². The monoisotopic (exact) mass is 267 g/mol. The highest BCUT2D eigenvalue weighted by Crippen LogP contribution is 2.15. The minimum atomic E-state index is 0.172. The molecule has 0 bridgehead atoms. The first kappa shape index (κ1) is 14.0. The summed E-state index contributed by atoms with van der Waals surface area (Å²) in [5, 5.41) is 12.3. The van der Waals surface area contributed by atoms with Crippen LogP contribution in [0.1, 0.15) is 29.7 Å². The lowest BCUT2D eigenvalue weighted by molar-refractivity contribution is 0.397. The van der Waals surface area contributed by atoms with Crippen molar-refractivity contribution >= 4 is 0 Å². The van der Waals surface area contributed by atoms with Crippen molar-refractivity contribution in [1.29, 1.82) is 5.26 Å². The molecule has 0 spiro atoms. The first-order valence-electron chi connectivity index (χ1n) is 6.45. The second kappa shape index (κ2) is 6.69. The van der Waals surface area contributed by atoms with E-state index in [1.54, 1.807) is 13.3 Å². The summed E-state index contributed by atoms with van der Waals surface area (Å²) in [6.45, 7) is 2.79. The van der Waals surface area contributed by atoms with Crippen LogP contribution in [-0.4, -0.2) is 12.1 Å². The van der Waals surface area contributed by atoms with Crippen molar-refractivity contribution in [1.82, 2.24) is 10.3 Å². The number of methoxy groups -OCH3 is 1. The number of pyridine rings is 1. The van der Waals surface area contributed by atoms with Crippen LogP contribution < -0.4 is 10.1 Å². The van der Waals surface area contributed by atoms with Gasteiger partial charge in [0, 0.05) is 24.8 Å². The Labute approximate surface area is 119 Å². The van der Waals surface area contributed by atoms with Crippen molar-refractivity contribution in [3.63, 3.8) is 0 Å². The van der Waals surface area contributed by atoms with E-state index < -0.39 is 0 Å². The Morgan fingerprint density at radius 1 is 1.35 bits per heavy atom. The van der Waals surface area contributed by atoms with Gasteiger partial charge >= 0.3 is 0 Å². The molecular formula is C16H17N3O. The predicted molar refractivity (Wildman–Crippen MR) is 77.2 cm³/mol. The van der Waals surface area contributed by atoms with Gasteiger partial charge in [-0.2, -0.15) is 5.26 Å². The third kappa shape index (κ3) is 3.56. The van der Waals surface area contributed by atoms with Crippen LogP contribution in [0.15, 0.2) is 42.6 Å². The average Bonchev–Trinajstić information content (AvgIpc) is 2.53. The number of nitriles is 1. The van der Waals surface area contributed by atoms with Crippen LogP contribution >= 0.6 is 0 Å². The first-order chi connectivity index (χ1) is 9.72. The highest BCUT2D eigenvalue weighted by atomic mass is 16.5. The van der Waals surface area contributed by atoms with E-state index in [0.29, 0.717) is 11.4 Å². The molecule has 2 rings (SSSR count). The molecule has 4 heteroatoms. The van der Waals surface area contributed by atoms with Crippen LogP contribution in [0.25, 0.3) is 0 Å². The van der Waals surface area contributed by atoms with Crippen LogP contribution in [0.3, 0.4) is 0 Å². The van der Waals surface area contributed by atoms with Crippen molar-refractivity contribution in [2.45, 2.75) is 19.5 Å². The Morgan fingerprint density at radius 3 is 2.85 bits per heavy atom. The number of benzene rings is 1. The number of hydrogen-bond donors (Lipinski definition) is 1. The Balaban J connectivity index is 1.97. The van der Waals surface area contributed by atoms with Gasteiger partial charge in [0.15, 0.2) is 0 Å². The van der Waals surface area contributed by atoms with E-state index in [1.165, 1.54) is 0 Å². The Bertz CT molecular complexity index is 602. The Morgan fingerprint density at radius 2 is 2.20 bits per heavy atom. The molecule has 0 amide bonds. The third-order valence-corrected chi connectivity index (χ3v) is 3.13. The Kier molecular flexibility index (Phi) is 4.70. The van der Waals surface area contributed by atoms with Gasteiger partial charge in [0.1, 0.15) is 0 Å². The van der Waals surface area contributed by atoms with Gasteiger partial charge in [-0.15, -0.1) is 0 Å². The van der Waals surface area contributed by atoms with E-state index in [1.807, 2.05) is 36.4 Å². The van der Waals surface area contributed by atoms with Gasteiger partial charge < -0.3 is 10.1 Å². The van der Waals surface area contributed by atoms with Gasteiger partial charge in [0.05, 0.1) is 18.7 Å². The van der Waals surface area contributed by atoms with Crippen molar-refractivity contribution in [3.8, 4) is 11.9 Å². The number of ether oxygens (including phenoxy) is 1. The van der Waals surface area contributed by atoms with E-state index in [2.05, 4.69) is 23.3 Å². The molecule has 1 aromatic carbocycles. The fraction of sp³-hybridized carbons (Fsp3) is 0.250. The summed E-state index contributed by atoms with van der Waals surface area (Å²) in [4.78, 5) is 4.17. The average molecular weight is 267 g/mol. The molecule has 1 unspecified atom stereocenters. The molecule has 0 saturated carbocycles. The van der Waals surface area contributed by atoms with E-state index in [-0.39, 0.29) is 6.04 Å². The van der Waals surface area contributed by atoms with E-state index in [4.69, 9.17) is 10.00 Å². The standard InChI is InChI=1S/C16H17N3O/c1-12(15-5-3-4-13(8-15)9-17)18-10-14-6-7-16(20-2)19-11-14/h3-8,11-12,18H,10H2,1-2H3. The van der Waals surface area contributed by atoms with Crippen LogP contribution in [0.4, 0.5) is 0 Å². The Hall–Kier alpha value is -2.38. The van der Waals surface area contributed by atoms with E-state index in [0.717, 1.165) is 17.7 Å². The minimum Gasteiger partial charge on any atom is -0.481 e. The van der Waals surface area contributed by atoms with Gasteiger partial charge in [-0.3, -0.25) is 0 Å². The molecule has 1 heterocycles. The summed E-state index contributed by atoms with van der Waals surface area (Å²) in [6.07, 6.45) is 1.80. The zero-order valence-electron chi connectivity index (χ0n) is 11.6. The van der Waals surface area contributed by atoms with Gasteiger partial charge in [0.25, 0.3) is 0 Å². The third-order valence-electron chi connectivity index (χ3n) is 3.13. The molecular weight excluding hydrogens is 250 g/mol. The molecule has 1 aromatic heterocycles. The fourth-order valence-corrected chi connectivity index (χ4v) is 1.90. The maximum absolute atomic E-state index is 8.91. The second-order valence-electron chi connectivity index (χ2n) is 4.55. The number of aromatic nitrogens is 1. The predicted octanol–water partition coefficient (Wildman–Crippen LogP) is 2.81. The lowest BCUT2D eigenvalue weighted by atomic mass is 10.1. The molecule has 0 aliphatic heterocycles. The molecule has 0 saturated heterocycles. The number of hydrogen-bond acceptors (Lipinski definition) is 4. The quantitative estimate of drug-likeness (QED) is 0.905. The smallest absolute Gasteiger partial charge is 0.212 e. The summed E-state index contributed by atoms with van der Waals surface area (Å²) >= 11 is 0. The summed E-state index contributed by atoms with van der Waals surface area (Å²) in [5.41, 5.74) is 2.88. The highest BCUT2D eigenvalue weighted by Gasteiger charge is 2.06. The molecule has 0 radical (unpaired) electrons. The van der Waals surface area contributed by atoms with Gasteiger partial charge in [-0.05, 0) is 30.2 Å². The van der Waals surface area contributed by atoms with Gasteiger partial charge in [0.2, 0.25) is 5.88 Å². The topological polar surface area (TPSA) is 57.9 Å². The van der Waals surface area contributed by atoms with Crippen molar-refractivity contribution < 1.29 is 4.74 Å². The molecule has 4 nitrogen and oxygen atoms in total. The summed E-state index contributed by atoms with van der Waals surface area (Å²) < 4.78 is 5.03. The van der Waals surface area contributed by atoms with Crippen molar-refractivity contribution in [3.05, 3.63) is 59.3 Å². The summed E-state index contributed by atoms with van der Waals surface area (Å²) in [6, 6.07) is 13.8. The normalized spacial score (nSPS) is 11.7. The first-order valence-corrected chi connectivity index (χ1v) is 6.45. The number of rotatable bonds is 5. The largest absolute Gasteiger partial charge is 0.481 e. The molecule has 0 aliphatic carbocycles. The van der Waals surface area contributed by atoms with Crippen LogP contribution in [0, 0.1) is 11.3 Å². The van der Waals surface area contributed by atoms with Crippen LogP contribution in [-0.2, 0) is 6.54 Å². The summed E-state index contributed by atoms with van der Waals surface area (Å²) in [7, 11) is 1.60. The lowest BCUT2D eigenvalue weighted by Crippen LogP contribution is -2.18.